The van der Waals surface area contributed by atoms with Crippen molar-refractivity contribution in [2.24, 2.45) is 0 Å². The van der Waals surface area contributed by atoms with Crippen LogP contribution in [0.25, 0.3) is 11.0 Å². The maximum atomic E-state index is 12.9. The minimum Gasteiger partial charge on any atom is -0.355 e. The minimum absolute atomic E-state index is 0.0451. The van der Waals surface area contributed by atoms with Crippen molar-refractivity contribution in [3.05, 3.63) is 65.9 Å². The molecule has 0 spiro atoms. The van der Waals surface area contributed by atoms with Crippen LogP contribution in [0.4, 0.5) is 0 Å². The van der Waals surface area contributed by atoms with E-state index < -0.39 is 0 Å². The number of amides is 1. The zero-order valence-electron chi connectivity index (χ0n) is 12.1. The van der Waals surface area contributed by atoms with E-state index in [4.69, 9.17) is 4.52 Å². The van der Waals surface area contributed by atoms with Crippen molar-refractivity contribution in [2.75, 3.05) is 6.54 Å². The lowest BCUT2D eigenvalue weighted by molar-refractivity contribution is 0.0727. The second kappa shape index (κ2) is 5.30. The number of aromatic nitrogens is 1. The van der Waals surface area contributed by atoms with Gasteiger partial charge in [0.1, 0.15) is 0 Å². The molecule has 2 aromatic carbocycles. The summed E-state index contributed by atoms with van der Waals surface area (Å²) in [6, 6.07) is 17.8. The molecule has 3 aromatic rings. The number of carbonyl (C=O) groups excluding carboxylic acids is 1. The topological polar surface area (TPSA) is 46.3 Å². The molecule has 0 radical (unpaired) electrons. The summed E-state index contributed by atoms with van der Waals surface area (Å²) in [6.07, 6.45) is 2.01. The Hall–Kier alpha value is -2.62. The molecule has 110 valence electrons. The second-order valence-electron chi connectivity index (χ2n) is 5.59. The van der Waals surface area contributed by atoms with Gasteiger partial charge in [-0.25, -0.2) is 0 Å². The fourth-order valence-electron chi connectivity index (χ4n) is 3.21. The van der Waals surface area contributed by atoms with Gasteiger partial charge in [0.05, 0.1) is 11.4 Å². The van der Waals surface area contributed by atoms with Crippen LogP contribution < -0.4 is 0 Å². The van der Waals surface area contributed by atoms with Gasteiger partial charge in [0.15, 0.2) is 11.3 Å². The van der Waals surface area contributed by atoms with Gasteiger partial charge in [-0.2, -0.15) is 0 Å². The summed E-state index contributed by atoms with van der Waals surface area (Å²) in [5, 5.41) is 4.79. The number of likely N-dealkylation sites (tertiary alicyclic amines) is 1. The van der Waals surface area contributed by atoms with Crippen LogP contribution in [0.3, 0.4) is 0 Å². The Morgan fingerprint density at radius 2 is 1.86 bits per heavy atom. The average molecular weight is 292 g/mol. The van der Waals surface area contributed by atoms with Gasteiger partial charge in [-0.15, -0.1) is 0 Å². The highest BCUT2D eigenvalue weighted by atomic mass is 16.5. The van der Waals surface area contributed by atoms with Crippen LogP contribution in [0.5, 0.6) is 0 Å². The average Bonchev–Trinajstić information content (AvgIpc) is 3.22. The largest absolute Gasteiger partial charge is 0.355 e. The van der Waals surface area contributed by atoms with Crippen molar-refractivity contribution in [2.45, 2.75) is 18.9 Å². The Morgan fingerprint density at radius 1 is 1.09 bits per heavy atom. The number of rotatable bonds is 2. The zero-order chi connectivity index (χ0) is 14.9. The Balaban J connectivity index is 1.70. The summed E-state index contributed by atoms with van der Waals surface area (Å²) in [4.78, 5) is 14.8. The number of nitrogens with zero attached hydrogens (tertiary/aromatic N) is 2. The summed E-state index contributed by atoms with van der Waals surface area (Å²) in [5.41, 5.74) is 2.25. The van der Waals surface area contributed by atoms with E-state index in [2.05, 4.69) is 17.3 Å². The van der Waals surface area contributed by atoms with Gasteiger partial charge < -0.3 is 9.42 Å². The molecular formula is C18H16N2O2. The third kappa shape index (κ3) is 2.08. The van der Waals surface area contributed by atoms with Crippen LogP contribution in [0.1, 0.15) is 34.9 Å². The van der Waals surface area contributed by atoms with Crippen LogP contribution in [0, 0.1) is 0 Å². The molecule has 22 heavy (non-hydrogen) atoms. The number of benzene rings is 2. The summed E-state index contributed by atoms with van der Waals surface area (Å²) in [6.45, 7) is 0.763. The lowest BCUT2D eigenvalue weighted by Crippen LogP contribution is -2.30. The summed E-state index contributed by atoms with van der Waals surface area (Å²) in [7, 11) is 0. The molecule has 4 heteroatoms. The molecule has 0 aliphatic carbocycles. The Morgan fingerprint density at radius 3 is 2.73 bits per heavy atom. The number of carbonyl (C=O) groups is 1. The van der Waals surface area contributed by atoms with Crippen molar-refractivity contribution >= 4 is 16.9 Å². The highest BCUT2D eigenvalue weighted by Gasteiger charge is 2.32. The van der Waals surface area contributed by atoms with Gasteiger partial charge in [-0.1, -0.05) is 47.6 Å². The van der Waals surface area contributed by atoms with Gasteiger partial charge in [0.2, 0.25) is 0 Å². The Bertz CT molecular complexity index is 810. The smallest absolute Gasteiger partial charge is 0.277 e. The van der Waals surface area contributed by atoms with Gasteiger partial charge in [-0.05, 0) is 30.5 Å². The highest BCUT2D eigenvalue weighted by molar-refractivity contribution is 6.04. The maximum Gasteiger partial charge on any atom is 0.277 e. The second-order valence-corrected chi connectivity index (χ2v) is 5.59. The van der Waals surface area contributed by atoms with Crippen LogP contribution in [0.2, 0.25) is 0 Å². The predicted octanol–water partition coefficient (Wildman–Crippen LogP) is 3.81. The van der Waals surface area contributed by atoms with Gasteiger partial charge in [0.25, 0.3) is 5.91 Å². The lowest BCUT2D eigenvalue weighted by atomic mass is 10.0. The fraction of sp³-hybridized carbons (Fsp3) is 0.222. The van der Waals surface area contributed by atoms with Crippen molar-refractivity contribution in [3.63, 3.8) is 0 Å². The van der Waals surface area contributed by atoms with Crippen LogP contribution in [-0.4, -0.2) is 22.5 Å². The molecule has 4 nitrogen and oxygen atoms in total. The Kier molecular flexibility index (Phi) is 3.15. The standard InChI is InChI=1S/C18H16N2O2/c21-18(17-14-9-4-5-11-16(14)22-19-17)20-12-6-10-15(20)13-7-2-1-3-8-13/h1-5,7-9,11,15H,6,10,12H2/t15-/m0/s1. The van der Waals surface area contributed by atoms with Crippen LogP contribution in [0.15, 0.2) is 59.1 Å². The molecule has 0 unspecified atom stereocenters. The van der Waals surface area contributed by atoms with E-state index in [1.54, 1.807) is 0 Å². The molecular weight excluding hydrogens is 276 g/mol. The third-order valence-corrected chi connectivity index (χ3v) is 4.28. The van der Waals surface area contributed by atoms with E-state index in [1.165, 1.54) is 5.56 Å². The first-order valence-corrected chi connectivity index (χ1v) is 7.55. The maximum absolute atomic E-state index is 12.9. The Labute approximate surface area is 128 Å². The van der Waals surface area contributed by atoms with E-state index in [-0.39, 0.29) is 11.9 Å². The fourth-order valence-corrected chi connectivity index (χ4v) is 3.21. The van der Waals surface area contributed by atoms with E-state index in [0.29, 0.717) is 11.3 Å². The van der Waals surface area contributed by atoms with Gasteiger partial charge in [-0.3, -0.25) is 4.79 Å². The number of para-hydroxylation sites is 1. The minimum atomic E-state index is -0.0451. The van der Waals surface area contributed by atoms with Crippen LogP contribution in [-0.2, 0) is 0 Å². The number of fused-ring (bicyclic) bond motifs is 1. The molecule has 0 N–H and O–H groups in total. The first-order valence-electron chi connectivity index (χ1n) is 7.55. The molecule has 0 bridgehead atoms. The van der Waals surface area contributed by atoms with E-state index in [1.807, 2.05) is 47.4 Å². The van der Waals surface area contributed by atoms with Gasteiger partial charge >= 0.3 is 0 Å². The molecule has 1 aromatic heterocycles. The molecule has 1 fully saturated rings. The summed E-state index contributed by atoms with van der Waals surface area (Å²) >= 11 is 0. The lowest BCUT2D eigenvalue weighted by Gasteiger charge is -2.24. The van der Waals surface area contributed by atoms with Crippen molar-refractivity contribution in [3.8, 4) is 0 Å². The molecule has 1 aliphatic rings. The first kappa shape index (κ1) is 13.1. The van der Waals surface area contributed by atoms with Crippen LogP contribution >= 0.6 is 0 Å². The number of hydrogen-bond donors (Lipinski definition) is 0. The van der Waals surface area contributed by atoms with Crippen molar-refractivity contribution in [1.82, 2.24) is 10.1 Å². The monoisotopic (exact) mass is 292 g/mol. The van der Waals surface area contributed by atoms with E-state index in [0.717, 1.165) is 24.8 Å². The molecule has 4 rings (SSSR count). The van der Waals surface area contributed by atoms with E-state index >= 15 is 0 Å². The molecule has 1 amide bonds. The molecule has 1 aliphatic heterocycles. The number of hydrogen-bond acceptors (Lipinski definition) is 3. The molecule has 2 heterocycles. The molecule has 1 atom stereocenters. The van der Waals surface area contributed by atoms with E-state index in [9.17, 15) is 4.79 Å². The predicted molar refractivity (Wildman–Crippen MR) is 83.5 cm³/mol. The highest BCUT2D eigenvalue weighted by Crippen LogP contribution is 2.33. The van der Waals surface area contributed by atoms with Gasteiger partial charge in [0, 0.05) is 6.54 Å². The molecule has 0 saturated carbocycles. The molecule has 1 saturated heterocycles. The van der Waals surface area contributed by atoms with Crippen molar-refractivity contribution < 1.29 is 9.32 Å². The first-order chi connectivity index (χ1) is 10.8. The summed E-state index contributed by atoms with van der Waals surface area (Å²) in [5.74, 6) is -0.0451. The normalized spacial score (nSPS) is 18.0. The summed E-state index contributed by atoms with van der Waals surface area (Å²) < 4.78 is 5.27. The quantitative estimate of drug-likeness (QED) is 0.721. The third-order valence-electron chi connectivity index (χ3n) is 4.28. The van der Waals surface area contributed by atoms with Crippen molar-refractivity contribution in [1.29, 1.82) is 0 Å². The SMILES string of the molecule is O=C(c1noc2ccccc12)N1CCC[C@H]1c1ccccc1. The zero-order valence-corrected chi connectivity index (χ0v) is 12.1.